The van der Waals surface area contributed by atoms with Crippen molar-refractivity contribution < 1.29 is 9.53 Å². The molecule has 1 aliphatic rings. The molecule has 104 valence electrons. The van der Waals surface area contributed by atoms with Crippen LogP contribution in [0, 0.1) is 0 Å². The molecule has 1 N–H and O–H groups in total. The van der Waals surface area contributed by atoms with Crippen LogP contribution in [0.25, 0.3) is 0 Å². The van der Waals surface area contributed by atoms with Gasteiger partial charge in [-0.15, -0.1) is 0 Å². The van der Waals surface area contributed by atoms with Crippen molar-refractivity contribution in [1.29, 1.82) is 0 Å². The highest BCUT2D eigenvalue weighted by Gasteiger charge is 2.38. The number of benzene rings is 1. The summed E-state index contributed by atoms with van der Waals surface area (Å²) in [6.45, 7) is 3.07. The Kier molecular flexibility index (Phi) is 4.59. The summed E-state index contributed by atoms with van der Waals surface area (Å²) >= 11 is 0. The number of hydrogen-bond donors (Lipinski definition) is 1. The molecule has 0 bridgehead atoms. The number of carbonyl (C=O) groups excluding carboxylic acids is 1. The highest BCUT2D eigenvalue weighted by Crippen LogP contribution is 2.38. The van der Waals surface area contributed by atoms with Crippen LogP contribution in [0.15, 0.2) is 24.3 Å². The van der Waals surface area contributed by atoms with Crippen LogP contribution in [-0.2, 0) is 21.5 Å². The Hall–Kier alpha value is -1.35. The second kappa shape index (κ2) is 6.20. The van der Waals surface area contributed by atoms with Gasteiger partial charge >= 0.3 is 5.97 Å². The van der Waals surface area contributed by atoms with E-state index in [4.69, 9.17) is 4.74 Å². The first kappa shape index (κ1) is 14.1. The molecule has 1 aliphatic carbocycles. The Morgan fingerprint density at radius 2 is 2.21 bits per heavy atom. The number of carbonyl (C=O) groups is 1. The van der Waals surface area contributed by atoms with Crippen LogP contribution in [0.4, 0.5) is 0 Å². The van der Waals surface area contributed by atoms with Gasteiger partial charge in [-0.2, -0.15) is 0 Å². The van der Waals surface area contributed by atoms with Gasteiger partial charge in [0.25, 0.3) is 0 Å². The molecule has 0 heterocycles. The van der Waals surface area contributed by atoms with E-state index in [9.17, 15) is 4.79 Å². The standard InChI is InChI=1S/C16H23NO2/c1-3-11-17-16(12-15(18)19-2)10-6-8-13-7-4-5-9-14(13)16/h4-5,7,9,17H,3,6,8,10-12H2,1-2H3. The minimum Gasteiger partial charge on any atom is -0.469 e. The van der Waals surface area contributed by atoms with E-state index in [0.29, 0.717) is 6.42 Å². The van der Waals surface area contributed by atoms with Gasteiger partial charge in [-0.25, -0.2) is 0 Å². The molecule has 3 heteroatoms. The molecule has 1 atom stereocenters. The summed E-state index contributed by atoms with van der Waals surface area (Å²) in [5.74, 6) is -0.139. The molecule has 0 amide bonds. The molecule has 0 aliphatic heterocycles. The normalized spacial score (nSPS) is 21.8. The molecule has 0 saturated heterocycles. The average molecular weight is 261 g/mol. The van der Waals surface area contributed by atoms with Gasteiger partial charge in [0.1, 0.15) is 0 Å². The lowest BCUT2D eigenvalue weighted by Gasteiger charge is -2.39. The number of nitrogens with one attached hydrogen (secondary N) is 1. The Balaban J connectivity index is 2.35. The molecule has 19 heavy (non-hydrogen) atoms. The van der Waals surface area contributed by atoms with Crippen LogP contribution in [0.1, 0.15) is 43.7 Å². The van der Waals surface area contributed by atoms with E-state index in [1.54, 1.807) is 0 Å². The third kappa shape index (κ3) is 2.98. The fourth-order valence-corrected chi connectivity index (χ4v) is 3.03. The predicted molar refractivity (Wildman–Crippen MR) is 76.0 cm³/mol. The van der Waals surface area contributed by atoms with Crippen molar-refractivity contribution in [3.05, 3.63) is 35.4 Å². The Bertz CT molecular complexity index is 444. The number of hydrogen-bond acceptors (Lipinski definition) is 3. The molecule has 3 nitrogen and oxygen atoms in total. The summed E-state index contributed by atoms with van der Waals surface area (Å²) in [4.78, 5) is 11.8. The molecule has 1 aromatic rings. The fraction of sp³-hybridized carbons (Fsp3) is 0.562. The molecule has 0 fully saturated rings. The van der Waals surface area contributed by atoms with Crippen LogP contribution in [0.3, 0.4) is 0 Å². The van der Waals surface area contributed by atoms with Crippen molar-refractivity contribution in [2.45, 2.75) is 44.6 Å². The maximum absolute atomic E-state index is 11.8. The lowest BCUT2D eigenvalue weighted by atomic mass is 9.74. The van der Waals surface area contributed by atoms with Crippen molar-refractivity contribution in [3.8, 4) is 0 Å². The first-order valence-electron chi connectivity index (χ1n) is 7.12. The largest absolute Gasteiger partial charge is 0.469 e. The van der Waals surface area contributed by atoms with Gasteiger partial charge in [0.2, 0.25) is 0 Å². The van der Waals surface area contributed by atoms with Gasteiger partial charge in [-0.1, -0.05) is 31.2 Å². The van der Waals surface area contributed by atoms with Gasteiger partial charge in [-0.05, 0) is 43.4 Å². The molecule has 0 radical (unpaired) electrons. The van der Waals surface area contributed by atoms with E-state index in [1.165, 1.54) is 18.2 Å². The summed E-state index contributed by atoms with van der Waals surface area (Å²) in [5, 5.41) is 3.61. The van der Waals surface area contributed by atoms with Crippen molar-refractivity contribution in [2.24, 2.45) is 0 Å². The molecule has 0 aromatic heterocycles. The Morgan fingerprint density at radius 1 is 1.42 bits per heavy atom. The number of ether oxygens (including phenoxy) is 1. The minimum absolute atomic E-state index is 0.139. The summed E-state index contributed by atoms with van der Waals surface area (Å²) in [6.07, 6.45) is 4.70. The van der Waals surface area contributed by atoms with Gasteiger partial charge in [0.05, 0.1) is 19.1 Å². The highest BCUT2D eigenvalue weighted by molar-refractivity contribution is 5.71. The monoisotopic (exact) mass is 261 g/mol. The number of fused-ring (bicyclic) bond motifs is 1. The van der Waals surface area contributed by atoms with Crippen LogP contribution in [0.5, 0.6) is 0 Å². The average Bonchev–Trinajstić information content (AvgIpc) is 2.45. The quantitative estimate of drug-likeness (QED) is 0.828. The second-order valence-electron chi connectivity index (χ2n) is 5.27. The smallest absolute Gasteiger partial charge is 0.307 e. The summed E-state index contributed by atoms with van der Waals surface area (Å²) in [6, 6.07) is 8.46. The fourth-order valence-electron chi connectivity index (χ4n) is 3.03. The van der Waals surface area contributed by atoms with E-state index < -0.39 is 0 Å². The number of aryl methyl sites for hydroxylation is 1. The zero-order valence-corrected chi connectivity index (χ0v) is 11.9. The summed E-state index contributed by atoms with van der Waals surface area (Å²) in [7, 11) is 1.46. The number of methoxy groups -OCH3 is 1. The SMILES string of the molecule is CCCNC1(CC(=O)OC)CCCc2ccccc21. The predicted octanol–water partition coefficient (Wildman–Crippen LogP) is 2.78. The van der Waals surface area contributed by atoms with Crippen molar-refractivity contribution in [2.75, 3.05) is 13.7 Å². The first-order valence-corrected chi connectivity index (χ1v) is 7.12. The van der Waals surface area contributed by atoms with Crippen LogP contribution >= 0.6 is 0 Å². The van der Waals surface area contributed by atoms with Gasteiger partial charge in [0.15, 0.2) is 0 Å². The molecule has 0 saturated carbocycles. The van der Waals surface area contributed by atoms with E-state index in [2.05, 4.69) is 36.5 Å². The number of esters is 1. The molecule has 2 rings (SSSR count). The summed E-state index contributed by atoms with van der Waals surface area (Å²) in [5.41, 5.74) is 2.40. The van der Waals surface area contributed by atoms with Crippen LogP contribution < -0.4 is 5.32 Å². The maximum atomic E-state index is 11.8. The Morgan fingerprint density at radius 3 is 2.95 bits per heavy atom. The Labute approximate surface area is 115 Å². The van der Waals surface area contributed by atoms with E-state index in [1.807, 2.05) is 0 Å². The minimum atomic E-state index is -0.238. The van der Waals surface area contributed by atoms with E-state index >= 15 is 0 Å². The van der Waals surface area contributed by atoms with E-state index in [-0.39, 0.29) is 11.5 Å². The zero-order valence-electron chi connectivity index (χ0n) is 11.9. The van der Waals surface area contributed by atoms with Crippen molar-refractivity contribution >= 4 is 5.97 Å². The zero-order chi connectivity index (χ0) is 13.7. The molecular weight excluding hydrogens is 238 g/mol. The maximum Gasteiger partial charge on any atom is 0.307 e. The van der Waals surface area contributed by atoms with Crippen molar-refractivity contribution in [3.63, 3.8) is 0 Å². The molecule has 1 unspecified atom stereocenters. The van der Waals surface area contributed by atoms with Gasteiger partial charge < -0.3 is 10.1 Å². The van der Waals surface area contributed by atoms with Crippen molar-refractivity contribution in [1.82, 2.24) is 5.32 Å². The highest BCUT2D eigenvalue weighted by atomic mass is 16.5. The number of rotatable bonds is 5. The van der Waals surface area contributed by atoms with Gasteiger partial charge in [-0.3, -0.25) is 4.79 Å². The first-order chi connectivity index (χ1) is 9.22. The topological polar surface area (TPSA) is 38.3 Å². The molecular formula is C16H23NO2. The lowest BCUT2D eigenvalue weighted by Crippen LogP contribution is -2.47. The third-order valence-electron chi connectivity index (χ3n) is 3.97. The van der Waals surface area contributed by atoms with Gasteiger partial charge in [0, 0.05) is 0 Å². The van der Waals surface area contributed by atoms with Crippen LogP contribution in [-0.4, -0.2) is 19.6 Å². The molecule has 0 spiro atoms. The van der Waals surface area contributed by atoms with Crippen LogP contribution in [0.2, 0.25) is 0 Å². The van der Waals surface area contributed by atoms with E-state index in [0.717, 1.165) is 32.2 Å². The third-order valence-corrected chi connectivity index (χ3v) is 3.97. The second-order valence-corrected chi connectivity index (χ2v) is 5.27. The molecule has 1 aromatic carbocycles. The summed E-state index contributed by atoms with van der Waals surface area (Å²) < 4.78 is 4.89. The lowest BCUT2D eigenvalue weighted by molar-refractivity contribution is -0.142.